The van der Waals surface area contributed by atoms with E-state index in [1.165, 1.54) is 12.1 Å². The topological polar surface area (TPSA) is 94.9 Å². The van der Waals surface area contributed by atoms with Gasteiger partial charge in [0.2, 0.25) is 0 Å². The molecule has 1 aliphatic heterocycles. The highest BCUT2D eigenvalue weighted by Gasteiger charge is 2.31. The van der Waals surface area contributed by atoms with Gasteiger partial charge in [-0.15, -0.1) is 0 Å². The number of hydrogen-bond donors (Lipinski definition) is 2. The van der Waals surface area contributed by atoms with Crippen LogP contribution in [0.15, 0.2) is 24.3 Å². The van der Waals surface area contributed by atoms with Gasteiger partial charge in [-0.25, -0.2) is 9.59 Å². The van der Waals surface area contributed by atoms with Crippen molar-refractivity contribution in [2.75, 3.05) is 19.6 Å². The maximum Gasteiger partial charge on any atom is 0.416 e. The summed E-state index contributed by atoms with van der Waals surface area (Å²) in [5.41, 5.74) is -0.630. The zero-order valence-electron chi connectivity index (χ0n) is 14.1. The number of piperidine rings is 1. The molecule has 1 fully saturated rings. The highest BCUT2D eigenvalue weighted by molar-refractivity contribution is 6.27. The molecular weight excluding hydrogens is 355 g/mol. The molecule has 1 saturated heterocycles. The number of benzene rings is 1. The third kappa shape index (κ3) is 7.22. The molecule has 0 aliphatic carbocycles. The molecule has 2 rings (SSSR count). The monoisotopic (exact) mass is 375 g/mol. The van der Waals surface area contributed by atoms with Crippen molar-refractivity contribution >= 4 is 17.7 Å². The molecular formula is C17H20F3NO5. The number of rotatable bonds is 3. The SMILES string of the molecule is CC1CCN(CC(=O)c2cccc(C(F)(F)F)c2)CC1.O=C(O)C(=O)O. The number of aliphatic carboxylic acids is 2. The van der Waals surface area contributed by atoms with E-state index < -0.39 is 23.7 Å². The molecule has 1 heterocycles. The number of halogens is 3. The van der Waals surface area contributed by atoms with E-state index in [1.54, 1.807) is 0 Å². The number of carboxylic acid groups (broad SMARTS) is 2. The predicted octanol–water partition coefficient (Wildman–Crippen LogP) is 2.78. The summed E-state index contributed by atoms with van der Waals surface area (Å²) >= 11 is 0. The highest BCUT2D eigenvalue weighted by Crippen LogP contribution is 2.29. The Hall–Kier alpha value is -2.42. The lowest BCUT2D eigenvalue weighted by Crippen LogP contribution is -2.36. The van der Waals surface area contributed by atoms with E-state index in [-0.39, 0.29) is 17.9 Å². The molecule has 9 heteroatoms. The minimum absolute atomic E-state index is 0.137. The second-order valence-corrected chi connectivity index (χ2v) is 6.07. The highest BCUT2D eigenvalue weighted by atomic mass is 19.4. The maximum absolute atomic E-state index is 12.6. The second kappa shape index (κ2) is 9.33. The standard InChI is InChI=1S/C15H18F3NO.C2H2O4/c1-11-5-7-19(8-6-11)10-14(20)12-3-2-4-13(9-12)15(16,17)18;3-1(4)2(5)6/h2-4,9,11H,5-8,10H2,1H3;(H,3,4)(H,5,6). The van der Waals surface area contributed by atoms with Gasteiger partial charge in [0.15, 0.2) is 5.78 Å². The van der Waals surface area contributed by atoms with E-state index in [1.807, 2.05) is 4.90 Å². The summed E-state index contributed by atoms with van der Waals surface area (Å²) in [7, 11) is 0. The first kappa shape index (κ1) is 21.6. The number of ketones is 1. The molecule has 0 radical (unpaired) electrons. The summed E-state index contributed by atoms with van der Waals surface area (Å²) in [5, 5.41) is 14.8. The minimum atomic E-state index is -4.41. The first-order chi connectivity index (χ1) is 12.0. The van der Waals surface area contributed by atoms with Gasteiger partial charge in [0, 0.05) is 5.56 Å². The first-order valence-corrected chi connectivity index (χ1v) is 7.89. The van der Waals surface area contributed by atoms with Crippen molar-refractivity contribution in [3.63, 3.8) is 0 Å². The number of nitrogens with zero attached hydrogens (tertiary/aromatic N) is 1. The second-order valence-electron chi connectivity index (χ2n) is 6.07. The summed E-state index contributed by atoms with van der Waals surface area (Å²) in [6, 6.07) is 4.66. The van der Waals surface area contributed by atoms with Gasteiger partial charge in [-0.2, -0.15) is 13.2 Å². The van der Waals surface area contributed by atoms with Crippen LogP contribution < -0.4 is 0 Å². The fourth-order valence-electron chi connectivity index (χ4n) is 2.38. The summed E-state index contributed by atoms with van der Waals surface area (Å²) in [6.07, 6.45) is -2.33. The van der Waals surface area contributed by atoms with Crippen LogP contribution in [0.5, 0.6) is 0 Å². The molecule has 0 spiro atoms. The number of carbonyl (C=O) groups excluding carboxylic acids is 1. The molecule has 0 aromatic heterocycles. The lowest BCUT2D eigenvalue weighted by molar-refractivity contribution is -0.159. The Balaban J connectivity index is 0.000000487. The van der Waals surface area contributed by atoms with Crippen molar-refractivity contribution in [3.05, 3.63) is 35.4 Å². The number of alkyl halides is 3. The van der Waals surface area contributed by atoms with Gasteiger partial charge in [-0.05, 0) is 44.0 Å². The third-order valence-corrected chi connectivity index (χ3v) is 3.94. The first-order valence-electron chi connectivity index (χ1n) is 7.89. The fourth-order valence-corrected chi connectivity index (χ4v) is 2.38. The normalized spacial score (nSPS) is 15.7. The van der Waals surface area contributed by atoms with Gasteiger partial charge >= 0.3 is 18.1 Å². The van der Waals surface area contributed by atoms with Crippen LogP contribution >= 0.6 is 0 Å². The van der Waals surface area contributed by atoms with Crippen LogP contribution in [-0.2, 0) is 15.8 Å². The van der Waals surface area contributed by atoms with Crippen LogP contribution in [0.3, 0.4) is 0 Å². The smallest absolute Gasteiger partial charge is 0.416 e. The van der Waals surface area contributed by atoms with Crippen molar-refractivity contribution in [2.45, 2.75) is 25.9 Å². The average molecular weight is 375 g/mol. The molecule has 1 aromatic carbocycles. The maximum atomic E-state index is 12.6. The zero-order valence-corrected chi connectivity index (χ0v) is 14.1. The number of carbonyl (C=O) groups is 3. The summed E-state index contributed by atoms with van der Waals surface area (Å²) in [4.78, 5) is 32.3. The molecule has 2 N–H and O–H groups in total. The quantitative estimate of drug-likeness (QED) is 0.623. The van der Waals surface area contributed by atoms with E-state index in [2.05, 4.69) is 6.92 Å². The molecule has 6 nitrogen and oxygen atoms in total. The van der Waals surface area contributed by atoms with Crippen molar-refractivity contribution in [1.82, 2.24) is 4.90 Å². The van der Waals surface area contributed by atoms with Crippen LogP contribution in [0, 0.1) is 5.92 Å². The van der Waals surface area contributed by atoms with Crippen molar-refractivity contribution < 1.29 is 37.8 Å². The number of carboxylic acids is 2. The predicted molar refractivity (Wildman–Crippen MR) is 85.9 cm³/mol. The average Bonchev–Trinajstić information content (AvgIpc) is 2.56. The summed E-state index contributed by atoms with van der Waals surface area (Å²) in [5.74, 6) is -3.23. The Morgan fingerprint density at radius 3 is 2.12 bits per heavy atom. The number of Topliss-reactive ketones (excluding diaryl/α,β-unsaturated/α-hetero) is 1. The molecule has 144 valence electrons. The molecule has 0 bridgehead atoms. The summed E-state index contributed by atoms with van der Waals surface area (Å²) in [6.45, 7) is 4.05. The van der Waals surface area contributed by atoms with Gasteiger partial charge < -0.3 is 10.2 Å². The minimum Gasteiger partial charge on any atom is -0.473 e. The molecule has 1 aromatic rings. The van der Waals surface area contributed by atoms with Gasteiger partial charge in [-0.1, -0.05) is 19.1 Å². The largest absolute Gasteiger partial charge is 0.473 e. The number of likely N-dealkylation sites (tertiary alicyclic amines) is 1. The Morgan fingerprint density at radius 1 is 1.12 bits per heavy atom. The van der Waals surface area contributed by atoms with Gasteiger partial charge in [0.1, 0.15) is 0 Å². The van der Waals surface area contributed by atoms with Crippen molar-refractivity contribution in [3.8, 4) is 0 Å². The van der Waals surface area contributed by atoms with Gasteiger partial charge in [0.25, 0.3) is 0 Å². The van der Waals surface area contributed by atoms with Crippen molar-refractivity contribution in [1.29, 1.82) is 0 Å². The van der Waals surface area contributed by atoms with Crippen LogP contribution in [0.4, 0.5) is 13.2 Å². The Bertz CT molecular complexity index is 640. The molecule has 0 unspecified atom stereocenters. The van der Waals surface area contributed by atoms with Crippen LogP contribution in [0.1, 0.15) is 35.7 Å². The molecule has 0 amide bonds. The lowest BCUT2D eigenvalue weighted by atomic mass is 9.98. The van der Waals surface area contributed by atoms with E-state index >= 15 is 0 Å². The third-order valence-electron chi connectivity index (χ3n) is 3.94. The van der Waals surface area contributed by atoms with E-state index in [9.17, 15) is 18.0 Å². The van der Waals surface area contributed by atoms with Gasteiger partial charge in [-0.3, -0.25) is 9.69 Å². The van der Waals surface area contributed by atoms with Crippen LogP contribution in [-0.4, -0.2) is 52.5 Å². The van der Waals surface area contributed by atoms with Crippen molar-refractivity contribution in [2.24, 2.45) is 5.92 Å². The molecule has 0 atom stereocenters. The Morgan fingerprint density at radius 2 is 1.65 bits per heavy atom. The molecule has 26 heavy (non-hydrogen) atoms. The lowest BCUT2D eigenvalue weighted by Gasteiger charge is -2.29. The van der Waals surface area contributed by atoms with E-state index in [0.29, 0.717) is 5.92 Å². The molecule has 0 saturated carbocycles. The molecule has 1 aliphatic rings. The van der Waals surface area contributed by atoms with Crippen LogP contribution in [0.25, 0.3) is 0 Å². The summed E-state index contributed by atoms with van der Waals surface area (Å²) < 4.78 is 37.8. The Labute approximate surface area is 148 Å². The number of hydrogen-bond acceptors (Lipinski definition) is 4. The zero-order chi connectivity index (χ0) is 19.9. The Kier molecular flexibility index (Phi) is 7.76. The van der Waals surface area contributed by atoms with E-state index in [4.69, 9.17) is 19.8 Å². The fraction of sp³-hybridized carbons (Fsp3) is 0.471. The van der Waals surface area contributed by atoms with E-state index in [0.717, 1.165) is 38.1 Å². The van der Waals surface area contributed by atoms with Crippen LogP contribution in [0.2, 0.25) is 0 Å². The van der Waals surface area contributed by atoms with Gasteiger partial charge in [0.05, 0.1) is 12.1 Å².